The monoisotopic (exact) mass is 407 g/mol. The summed E-state index contributed by atoms with van der Waals surface area (Å²) in [6.45, 7) is 1.86. The van der Waals surface area contributed by atoms with Gasteiger partial charge in [0.15, 0.2) is 0 Å². The van der Waals surface area contributed by atoms with Gasteiger partial charge in [-0.15, -0.1) is 0 Å². The largest absolute Gasteiger partial charge is 0.391 e. The lowest BCUT2D eigenvalue weighted by atomic mass is 10.1. The molecule has 1 aromatic carbocycles. The Hall–Kier alpha value is -2.47. The lowest BCUT2D eigenvalue weighted by molar-refractivity contribution is -0.144. The Morgan fingerprint density at radius 2 is 1.96 bits per heavy atom. The van der Waals surface area contributed by atoms with Crippen molar-refractivity contribution < 1.29 is 27.2 Å². The number of amides is 2. The van der Waals surface area contributed by atoms with Crippen LogP contribution in [0.4, 0.5) is 28.9 Å². The number of nitrogens with two attached hydrogens (primary N) is 2. The third-order valence-corrected chi connectivity index (χ3v) is 4.44. The van der Waals surface area contributed by atoms with Gasteiger partial charge in [0.1, 0.15) is 11.9 Å². The van der Waals surface area contributed by atoms with Gasteiger partial charge in [0, 0.05) is 6.04 Å². The lowest BCUT2D eigenvalue weighted by Gasteiger charge is -2.20. The molecule has 2 unspecified atom stereocenters. The minimum absolute atomic E-state index is 0.0265. The Labute approximate surface area is 156 Å². The van der Waals surface area contributed by atoms with E-state index in [-0.39, 0.29) is 17.3 Å². The zero-order chi connectivity index (χ0) is 20.4. The highest BCUT2D eigenvalue weighted by Crippen LogP contribution is 2.31. The smallest absolute Gasteiger partial charge is 0.371 e. The van der Waals surface area contributed by atoms with Crippen LogP contribution in [0.3, 0.4) is 0 Å². The highest BCUT2D eigenvalue weighted by Gasteiger charge is 2.35. The number of rotatable bonds is 7. The summed E-state index contributed by atoms with van der Waals surface area (Å²) in [6, 6.07) is -0.0194. The molecule has 0 saturated heterocycles. The minimum atomic E-state index is -4.69. The molecule has 7 nitrogen and oxygen atoms in total. The van der Waals surface area contributed by atoms with E-state index >= 15 is 0 Å². The average Bonchev–Trinajstić information content (AvgIpc) is 2.92. The van der Waals surface area contributed by atoms with Gasteiger partial charge < -0.3 is 22.1 Å². The molecule has 7 N–H and O–H groups in total. The fraction of sp³-hybridized carbons (Fsp3) is 0.333. The summed E-state index contributed by atoms with van der Waals surface area (Å²) in [4.78, 5) is 22.9. The number of carbonyl (C=O) groups excluding carboxylic acids is 2. The van der Waals surface area contributed by atoms with Gasteiger partial charge in [-0.3, -0.25) is 14.3 Å². The maximum Gasteiger partial charge on any atom is 0.391 e. The van der Waals surface area contributed by atoms with Crippen LogP contribution in [0.2, 0.25) is 0 Å². The normalized spacial score (nSPS) is 18.0. The first-order chi connectivity index (χ1) is 12.5. The lowest BCUT2D eigenvalue weighted by Crippen LogP contribution is -2.39. The highest BCUT2D eigenvalue weighted by atomic mass is 32.2. The number of hydrogen-bond acceptors (Lipinski definition) is 6. The first-order valence-corrected chi connectivity index (χ1v) is 8.45. The molecule has 0 bridgehead atoms. The second-order valence-corrected chi connectivity index (χ2v) is 6.70. The van der Waals surface area contributed by atoms with Gasteiger partial charge in [0.2, 0.25) is 5.91 Å². The SMILES string of the molecule is CC1C=C(Nc2cc(NC(CC(F)(F)F)C(N)=O)c(F)cc2C(N)=O)SN1. The van der Waals surface area contributed by atoms with Crippen LogP contribution < -0.4 is 26.8 Å². The molecule has 27 heavy (non-hydrogen) atoms. The molecule has 0 radical (unpaired) electrons. The zero-order valence-electron chi connectivity index (χ0n) is 14.0. The summed E-state index contributed by atoms with van der Waals surface area (Å²) in [5.74, 6) is -3.29. The van der Waals surface area contributed by atoms with Gasteiger partial charge in [0.25, 0.3) is 5.91 Å². The molecule has 1 aliphatic rings. The van der Waals surface area contributed by atoms with Crippen molar-refractivity contribution >= 4 is 35.1 Å². The van der Waals surface area contributed by atoms with Crippen molar-refractivity contribution in [1.82, 2.24) is 4.72 Å². The molecule has 2 rings (SSSR count). The number of alkyl halides is 3. The summed E-state index contributed by atoms with van der Waals surface area (Å²) < 4.78 is 55.0. The molecule has 1 aromatic rings. The molecule has 12 heteroatoms. The Morgan fingerprint density at radius 3 is 2.44 bits per heavy atom. The second-order valence-electron chi connectivity index (χ2n) is 5.82. The molecule has 2 atom stereocenters. The topological polar surface area (TPSA) is 122 Å². The van der Waals surface area contributed by atoms with Crippen LogP contribution in [0.5, 0.6) is 0 Å². The van der Waals surface area contributed by atoms with Crippen LogP contribution in [0, 0.1) is 5.82 Å². The van der Waals surface area contributed by atoms with Crippen LogP contribution in [-0.2, 0) is 4.79 Å². The van der Waals surface area contributed by atoms with Crippen molar-refractivity contribution in [2.75, 3.05) is 10.6 Å². The Kier molecular flexibility index (Phi) is 6.21. The number of hydrogen-bond donors (Lipinski definition) is 5. The molecule has 1 heterocycles. The molecule has 0 aromatic heterocycles. The fourth-order valence-corrected chi connectivity index (χ4v) is 3.10. The van der Waals surface area contributed by atoms with Crippen LogP contribution in [-0.4, -0.2) is 30.1 Å². The summed E-state index contributed by atoms with van der Waals surface area (Å²) in [7, 11) is 0. The molecule has 148 valence electrons. The van der Waals surface area contributed by atoms with Gasteiger partial charge >= 0.3 is 6.18 Å². The molecule has 2 amide bonds. The fourth-order valence-electron chi connectivity index (χ4n) is 2.28. The zero-order valence-corrected chi connectivity index (χ0v) is 14.8. The van der Waals surface area contributed by atoms with Gasteiger partial charge in [-0.2, -0.15) is 13.2 Å². The average molecular weight is 407 g/mol. The van der Waals surface area contributed by atoms with E-state index in [0.29, 0.717) is 5.03 Å². The van der Waals surface area contributed by atoms with E-state index < -0.39 is 42.0 Å². The van der Waals surface area contributed by atoms with Crippen LogP contribution in [0.15, 0.2) is 23.2 Å². The van der Waals surface area contributed by atoms with Gasteiger partial charge in [-0.1, -0.05) is 0 Å². The maximum absolute atomic E-state index is 14.3. The van der Waals surface area contributed by atoms with Crippen molar-refractivity contribution in [2.45, 2.75) is 31.6 Å². The van der Waals surface area contributed by atoms with Crippen molar-refractivity contribution in [1.29, 1.82) is 0 Å². The Bertz CT molecular complexity index is 784. The summed E-state index contributed by atoms with van der Waals surface area (Å²) >= 11 is 1.21. The molecule has 1 aliphatic heterocycles. The standard InChI is InChI=1S/C15H17F4N5O2S/c1-6-2-12(27-24-6)23-9-4-10(8(16)3-7(9)13(20)25)22-11(14(21)26)5-15(17,18)19/h2-4,6,11,22-24H,5H2,1H3,(H2,20,25)(H2,21,26). The quantitative estimate of drug-likeness (QED) is 0.348. The van der Waals surface area contributed by atoms with E-state index in [1.165, 1.54) is 11.9 Å². The molecular weight excluding hydrogens is 390 g/mol. The van der Waals surface area contributed by atoms with Crippen LogP contribution in [0.1, 0.15) is 23.7 Å². The summed E-state index contributed by atoms with van der Waals surface area (Å²) in [5.41, 5.74) is 9.64. The van der Waals surface area contributed by atoms with Crippen LogP contribution in [0.25, 0.3) is 0 Å². The summed E-state index contributed by atoms with van der Waals surface area (Å²) in [6.07, 6.45) is -4.49. The molecular formula is C15H17F4N5O2S. The van der Waals surface area contributed by atoms with E-state index in [4.69, 9.17) is 11.5 Å². The Balaban J connectivity index is 2.36. The summed E-state index contributed by atoms with van der Waals surface area (Å²) in [5, 5.41) is 5.58. The molecule has 0 saturated carbocycles. The minimum Gasteiger partial charge on any atom is -0.371 e. The predicted molar refractivity (Wildman–Crippen MR) is 94.1 cm³/mol. The molecule has 0 spiro atoms. The van der Waals surface area contributed by atoms with Crippen molar-refractivity contribution in [3.8, 4) is 0 Å². The number of nitrogens with one attached hydrogen (secondary N) is 3. The third-order valence-electron chi connectivity index (χ3n) is 3.50. The second kappa shape index (κ2) is 8.05. The third kappa shape index (κ3) is 5.76. The molecule has 0 fully saturated rings. The van der Waals surface area contributed by atoms with Gasteiger partial charge in [-0.05, 0) is 37.1 Å². The molecule has 0 aliphatic carbocycles. The van der Waals surface area contributed by atoms with E-state index in [1.807, 2.05) is 6.92 Å². The highest BCUT2D eigenvalue weighted by molar-refractivity contribution is 8.01. The first-order valence-electron chi connectivity index (χ1n) is 7.63. The van der Waals surface area contributed by atoms with Crippen molar-refractivity contribution in [3.63, 3.8) is 0 Å². The Morgan fingerprint density at radius 1 is 1.30 bits per heavy atom. The van der Waals surface area contributed by atoms with Gasteiger partial charge in [0.05, 0.1) is 28.4 Å². The predicted octanol–water partition coefficient (Wildman–Crippen LogP) is 2.04. The first kappa shape index (κ1) is 20.8. The van der Waals surface area contributed by atoms with Crippen molar-refractivity contribution in [3.05, 3.63) is 34.6 Å². The number of halogens is 4. The van der Waals surface area contributed by atoms with E-state index in [0.717, 1.165) is 12.1 Å². The van der Waals surface area contributed by atoms with Crippen LogP contribution >= 0.6 is 11.9 Å². The van der Waals surface area contributed by atoms with E-state index in [1.54, 1.807) is 6.08 Å². The number of primary amides is 2. The number of benzene rings is 1. The van der Waals surface area contributed by atoms with E-state index in [2.05, 4.69) is 15.4 Å². The number of carbonyl (C=O) groups is 2. The van der Waals surface area contributed by atoms with Crippen molar-refractivity contribution in [2.24, 2.45) is 11.5 Å². The maximum atomic E-state index is 14.3. The van der Waals surface area contributed by atoms with Gasteiger partial charge in [-0.25, -0.2) is 4.39 Å². The number of anilines is 2. The van der Waals surface area contributed by atoms with E-state index in [9.17, 15) is 27.2 Å².